The quantitative estimate of drug-likeness (QED) is 0.792. The molecule has 1 unspecified atom stereocenters. The van der Waals surface area contributed by atoms with Crippen LogP contribution in [-0.4, -0.2) is 24.2 Å². The maximum absolute atomic E-state index is 11.6. The van der Waals surface area contributed by atoms with Crippen molar-refractivity contribution in [2.45, 2.75) is 49.1 Å². The lowest BCUT2D eigenvalue weighted by molar-refractivity contribution is -0.121. The fourth-order valence-corrected chi connectivity index (χ4v) is 3.73. The highest BCUT2D eigenvalue weighted by molar-refractivity contribution is 7.99. The zero-order chi connectivity index (χ0) is 13.8. The summed E-state index contributed by atoms with van der Waals surface area (Å²) < 4.78 is 0. The minimum Gasteiger partial charge on any atom is -0.353 e. The predicted octanol–water partition coefficient (Wildman–Crippen LogP) is 2.87. The van der Waals surface area contributed by atoms with Crippen LogP contribution in [0, 0.1) is 0 Å². The van der Waals surface area contributed by atoms with Crippen LogP contribution in [0.5, 0.6) is 0 Å². The third-order valence-electron chi connectivity index (χ3n) is 3.87. The molecule has 0 saturated heterocycles. The van der Waals surface area contributed by atoms with Crippen LogP contribution in [0.15, 0.2) is 29.2 Å². The zero-order valence-electron chi connectivity index (χ0n) is 11.7. The second kappa shape index (κ2) is 6.64. The van der Waals surface area contributed by atoms with Crippen molar-refractivity contribution in [3.63, 3.8) is 0 Å². The number of thioether (sulfide) groups is 1. The second-order valence-corrected chi connectivity index (χ2v) is 6.76. The van der Waals surface area contributed by atoms with Gasteiger partial charge in [0.2, 0.25) is 5.91 Å². The molecule has 0 spiro atoms. The first-order valence-corrected chi connectivity index (χ1v) is 8.56. The first-order valence-electron chi connectivity index (χ1n) is 7.57. The minimum absolute atomic E-state index is 0.217. The van der Waals surface area contributed by atoms with Gasteiger partial charge in [-0.05, 0) is 49.6 Å². The maximum Gasteiger partial charge on any atom is 0.220 e. The van der Waals surface area contributed by atoms with Crippen molar-refractivity contribution in [1.29, 1.82) is 0 Å². The van der Waals surface area contributed by atoms with Crippen molar-refractivity contribution in [3.8, 4) is 0 Å². The van der Waals surface area contributed by atoms with Crippen molar-refractivity contribution < 1.29 is 4.79 Å². The van der Waals surface area contributed by atoms with Gasteiger partial charge in [-0.25, -0.2) is 0 Å². The Hall–Kier alpha value is -1.00. The minimum atomic E-state index is 0.217. The Bertz CT molecular complexity index is 473. The fraction of sp³-hybridized carbons (Fsp3) is 0.562. The molecule has 1 aliphatic carbocycles. The van der Waals surface area contributed by atoms with E-state index in [4.69, 9.17) is 0 Å². The van der Waals surface area contributed by atoms with E-state index in [-0.39, 0.29) is 5.91 Å². The Kier molecular flexibility index (Phi) is 4.63. The normalized spacial score (nSPS) is 21.3. The Labute approximate surface area is 124 Å². The van der Waals surface area contributed by atoms with E-state index in [9.17, 15) is 4.79 Å². The van der Waals surface area contributed by atoms with E-state index in [2.05, 4.69) is 34.9 Å². The lowest BCUT2D eigenvalue weighted by Gasteiger charge is -2.26. The van der Waals surface area contributed by atoms with Crippen LogP contribution in [0.4, 0.5) is 0 Å². The van der Waals surface area contributed by atoms with Crippen LogP contribution in [0.3, 0.4) is 0 Å². The number of hydrogen-bond acceptors (Lipinski definition) is 3. The van der Waals surface area contributed by atoms with E-state index in [0.717, 1.165) is 13.0 Å². The van der Waals surface area contributed by atoms with E-state index in [1.807, 2.05) is 11.8 Å². The molecule has 1 amide bonds. The SMILES string of the molecule is O=C(CCCNC1CCSc2ccccc21)NC1CC1. The molecule has 1 aromatic carbocycles. The topological polar surface area (TPSA) is 41.1 Å². The molecule has 4 heteroatoms. The predicted molar refractivity (Wildman–Crippen MR) is 82.9 cm³/mol. The molecule has 0 aromatic heterocycles. The van der Waals surface area contributed by atoms with E-state index in [1.165, 1.54) is 35.5 Å². The molecule has 2 aliphatic rings. The van der Waals surface area contributed by atoms with Crippen LogP contribution >= 0.6 is 11.8 Å². The number of carbonyl (C=O) groups is 1. The number of benzene rings is 1. The summed E-state index contributed by atoms with van der Waals surface area (Å²) in [7, 11) is 0. The summed E-state index contributed by atoms with van der Waals surface area (Å²) in [6, 6.07) is 9.59. The molecule has 108 valence electrons. The number of fused-ring (bicyclic) bond motifs is 1. The van der Waals surface area contributed by atoms with Gasteiger partial charge in [0.15, 0.2) is 0 Å². The molecule has 1 heterocycles. The van der Waals surface area contributed by atoms with Gasteiger partial charge in [0.05, 0.1) is 0 Å². The van der Waals surface area contributed by atoms with Crippen molar-refractivity contribution >= 4 is 17.7 Å². The van der Waals surface area contributed by atoms with Crippen LogP contribution in [0.25, 0.3) is 0 Å². The van der Waals surface area contributed by atoms with Gasteiger partial charge >= 0.3 is 0 Å². The summed E-state index contributed by atoms with van der Waals surface area (Å²) in [6.45, 7) is 0.918. The maximum atomic E-state index is 11.6. The van der Waals surface area contributed by atoms with Gasteiger partial charge in [0, 0.05) is 23.4 Å². The highest BCUT2D eigenvalue weighted by atomic mass is 32.2. The fourth-order valence-electron chi connectivity index (χ4n) is 2.61. The first-order chi connectivity index (χ1) is 9.83. The van der Waals surface area contributed by atoms with Crippen molar-refractivity contribution in [3.05, 3.63) is 29.8 Å². The van der Waals surface area contributed by atoms with E-state index < -0.39 is 0 Å². The summed E-state index contributed by atoms with van der Waals surface area (Å²) in [4.78, 5) is 13.0. The van der Waals surface area contributed by atoms with Crippen LogP contribution in [-0.2, 0) is 4.79 Å². The molecule has 1 aliphatic heterocycles. The van der Waals surface area contributed by atoms with E-state index >= 15 is 0 Å². The Balaban J connectivity index is 1.41. The van der Waals surface area contributed by atoms with Gasteiger partial charge in [0.1, 0.15) is 0 Å². The lowest BCUT2D eigenvalue weighted by Crippen LogP contribution is -2.28. The molecule has 0 bridgehead atoms. The summed E-state index contributed by atoms with van der Waals surface area (Å²) in [5.41, 5.74) is 1.42. The molecule has 20 heavy (non-hydrogen) atoms. The van der Waals surface area contributed by atoms with Gasteiger partial charge < -0.3 is 10.6 Å². The van der Waals surface area contributed by atoms with Crippen LogP contribution in [0.2, 0.25) is 0 Å². The van der Waals surface area contributed by atoms with Crippen LogP contribution in [0.1, 0.15) is 43.7 Å². The molecule has 0 radical (unpaired) electrons. The summed E-state index contributed by atoms with van der Waals surface area (Å²) >= 11 is 1.95. The molecule has 3 rings (SSSR count). The van der Waals surface area contributed by atoms with E-state index in [1.54, 1.807) is 0 Å². The summed E-state index contributed by atoms with van der Waals surface area (Å²) in [5.74, 6) is 1.39. The second-order valence-electron chi connectivity index (χ2n) is 5.63. The third-order valence-corrected chi connectivity index (χ3v) is 4.99. The molecule has 1 saturated carbocycles. The van der Waals surface area contributed by atoms with Gasteiger partial charge in [0.25, 0.3) is 0 Å². The number of hydrogen-bond donors (Lipinski definition) is 2. The molecule has 3 nitrogen and oxygen atoms in total. The molecular formula is C16H22N2OS. The van der Waals surface area contributed by atoms with Crippen molar-refractivity contribution in [2.24, 2.45) is 0 Å². The van der Waals surface area contributed by atoms with Crippen molar-refractivity contribution in [2.75, 3.05) is 12.3 Å². The lowest BCUT2D eigenvalue weighted by atomic mass is 10.0. The smallest absolute Gasteiger partial charge is 0.220 e. The van der Waals surface area contributed by atoms with Gasteiger partial charge in [-0.1, -0.05) is 18.2 Å². The molecule has 2 N–H and O–H groups in total. The summed E-state index contributed by atoms with van der Waals surface area (Å²) in [6.07, 6.45) is 5.08. The molecule has 1 aromatic rings. The van der Waals surface area contributed by atoms with Gasteiger partial charge in [-0.2, -0.15) is 0 Å². The highest BCUT2D eigenvalue weighted by Gasteiger charge is 2.23. The highest BCUT2D eigenvalue weighted by Crippen LogP contribution is 2.35. The molecule has 1 atom stereocenters. The zero-order valence-corrected chi connectivity index (χ0v) is 12.5. The number of carbonyl (C=O) groups excluding carboxylic acids is 1. The average Bonchev–Trinajstić information content (AvgIpc) is 3.27. The third kappa shape index (κ3) is 3.76. The largest absolute Gasteiger partial charge is 0.353 e. The van der Waals surface area contributed by atoms with Gasteiger partial charge in [-0.3, -0.25) is 4.79 Å². The van der Waals surface area contributed by atoms with Gasteiger partial charge in [-0.15, -0.1) is 11.8 Å². The Morgan fingerprint density at radius 2 is 2.10 bits per heavy atom. The number of nitrogens with one attached hydrogen (secondary N) is 2. The molecular weight excluding hydrogens is 268 g/mol. The monoisotopic (exact) mass is 290 g/mol. The Morgan fingerprint density at radius 1 is 1.25 bits per heavy atom. The van der Waals surface area contributed by atoms with E-state index in [0.29, 0.717) is 18.5 Å². The first kappa shape index (κ1) is 14.0. The molecule has 1 fully saturated rings. The van der Waals surface area contributed by atoms with Crippen LogP contribution < -0.4 is 10.6 Å². The number of amides is 1. The Morgan fingerprint density at radius 3 is 2.95 bits per heavy atom. The standard InChI is InChI=1S/C16H22N2OS/c19-16(18-12-7-8-12)6-3-10-17-14-9-11-20-15-5-2-1-4-13(14)15/h1-2,4-5,12,14,17H,3,6-11H2,(H,18,19). The number of rotatable bonds is 6. The van der Waals surface area contributed by atoms with Crippen molar-refractivity contribution in [1.82, 2.24) is 10.6 Å². The average molecular weight is 290 g/mol. The summed E-state index contributed by atoms with van der Waals surface area (Å²) in [5, 5.41) is 6.65.